The van der Waals surface area contributed by atoms with Gasteiger partial charge in [-0.2, -0.15) is 0 Å². The molecule has 6 nitrogen and oxygen atoms in total. The summed E-state index contributed by atoms with van der Waals surface area (Å²) in [6.45, 7) is 11.0. The van der Waals surface area contributed by atoms with Crippen LogP contribution in [0.4, 0.5) is 5.69 Å². The smallest absolute Gasteiger partial charge is 0.194 e. The van der Waals surface area contributed by atoms with E-state index in [1.54, 1.807) is 0 Å². The molecule has 0 spiro atoms. The number of hydrogen-bond acceptors (Lipinski definition) is 4. The first kappa shape index (κ1) is 21.2. The lowest BCUT2D eigenvalue weighted by molar-refractivity contribution is 0.0893. The van der Waals surface area contributed by atoms with Gasteiger partial charge in [0.1, 0.15) is 0 Å². The zero-order valence-electron chi connectivity index (χ0n) is 16.9. The first-order valence-corrected chi connectivity index (χ1v) is 10.8. The maximum Gasteiger partial charge on any atom is 0.194 e. The molecule has 0 saturated carbocycles. The fraction of sp³-hybridized carbons (Fsp3) is 0.667. The lowest BCUT2D eigenvalue weighted by Gasteiger charge is -2.37. The van der Waals surface area contributed by atoms with Crippen molar-refractivity contribution in [2.24, 2.45) is 10.9 Å². The molecule has 156 valence electrons. The fourth-order valence-corrected chi connectivity index (χ4v) is 3.78. The monoisotopic (exact) mass is 408 g/mol. The summed E-state index contributed by atoms with van der Waals surface area (Å²) in [4.78, 5) is 9.54. The number of aliphatic imine (C=N–C) groups is 1. The highest BCUT2D eigenvalue weighted by Gasteiger charge is 2.20. The second kappa shape index (κ2) is 11.5. The Bertz CT molecular complexity index is 614. The molecule has 2 saturated heterocycles. The van der Waals surface area contributed by atoms with Gasteiger partial charge < -0.3 is 24.6 Å². The molecular weight excluding hydrogens is 376 g/mol. The van der Waals surface area contributed by atoms with Gasteiger partial charge in [0.05, 0.1) is 13.2 Å². The third-order valence-electron chi connectivity index (χ3n) is 5.17. The van der Waals surface area contributed by atoms with Gasteiger partial charge >= 0.3 is 0 Å². The van der Waals surface area contributed by atoms with Crippen LogP contribution in [0.3, 0.4) is 0 Å². The molecular formula is C21H33ClN4O2. The van der Waals surface area contributed by atoms with E-state index in [0.29, 0.717) is 5.92 Å². The van der Waals surface area contributed by atoms with Gasteiger partial charge in [-0.05, 0) is 38.0 Å². The topological polar surface area (TPSA) is 49.3 Å². The van der Waals surface area contributed by atoms with E-state index in [4.69, 9.17) is 26.1 Å². The third kappa shape index (κ3) is 6.54. The summed E-state index contributed by atoms with van der Waals surface area (Å²) in [6, 6.07) is 8.09. The Morgan fingerprint density at radius 2 is 2.18 bits per heavy atom. The maximum absolute atomic E-state index is 6.13. The van der Waals surface area contributed by atoms with Crippen molar-refractivity contribution in [3.8, 4) is 0 Å². The molecule has 2 heterocycles. The lowest BCUT2D eigenvalue weighted by atomic mass is 10.1. The molecule has 1 N–H and O–H groups in total. The minimum Gasteiger partial charge on any atom is -0.381 e. The van der Waals surface area contributed by atoms with Crippen molar-refractivity contribution in [1.29, 1.82) is 0 Å². The minimum absolute atomic E-state index is 0.580. The van der Waals surface area contributed by atoms with Crippen molar-refractivity contribution in [3.63, 3.8) is 0 Å². The summed E-state index contributed by atoms with van der Waals surface area (Å²) in [5.74, 6) is 1.59. The van der Waals surface area contributed by atoms with Crippen molar-refractivity contribution in [3.05, 3.63) is 29.3 Å². The van der Waals surface area contributed by atoms with E-state index in [2.05, 4.69) is 28.1 Å². The van der Waals surface area contributed by atoms with E-state index in [1.165, 1.54) is 5.69 Å². The summed E-state index contributed by atoms with van der Waals surface area (Å²) in [7, 11) is 0. The number of ether oxygens (including phenoxy) is 2. The first-order chi connectivity index (χ1) is 13.8. The normalized spacial score (nSPS) is 20.6. The standard InChI is InChI=1S/C21H33ClN4O2/c1-2-23-21(24-8-4-13-27-16-18-7-14-28-17-18)26-11-9-25(10-12-26)20-6-3-5-19(22)15-20/h3,5-6,15,18H,2,4,7-14,16-17H2,1H3,(H,23,24). The molecule has 3 rings (SSSR count). The number of halogens is 1. The first-order valence-electron chi connectivity index (χ1n) is 10.5. The molecule has 0 aromatic heterocycles. The van der Waals surface area contributed by atoms with Crippen molar-refractivity contribution in [2.75, 3.05) is 70.6 Å². The van der Waals surface area contributed by atoms with E-state index >= 15 is 0 Å². The summed E-state index contributed by atoms with van der Waals surface area (Å²) < 4.78 is 11.2. The maximum atomic E-state index is 6.13. The van der Waals surface area contributed by atoms with Gasteiger partial charge in [0, 0.05) is 69.1 Å². The average Bonchev–Trinajstić information content (AvgIpc) is 3.23. The van der Waals surface area contributed by atoms with Gasteiger partial charge in [0.15, 0.2) is 5.96 Å². The number of benzene rings is 1. The van der Waals surface area contributed by atoms with E-state index in [1.807, 2.05) is 18.2 Å². The average molecular weight is 409 g/mol. The molecule has 2 fully saturated rings. The lowest BCUT2D eigenvalue weighted by Crippen LogP contribution is -2.52. The zero-order chi connectivity index (χ0) is 19.6. The van der Waals surface area contributed by atoms with Crippen LogP contribution in [-0.4, -0.2) is 76.6 Å². The SMILES string of the molecule is CCNC(=NCCCOCC1CCOC1)N1CCN(c2cccc(Cl)c2)CC1. The van der Waals surface area contributed by atoms with Crippen LogP contribution in [0.2, 0.25) is 5.02 Å². The Morgan fingerprint density at radius 1 is 1.32 bits per heavy atom. The van der Waals surface area contributed by atoms with E-state index in [0.717, 1.165) is 89.5 Å². The molecule has 1 aromatic carbocycles. The van der Waals surface area contributed by atoms with E-state index in [9.17, 15) is 0 Å². The van der Waals surface area contributed by atoms with Crippen LogP contribution in [0.25, 0.3) is 0 Å². The van der Waals surface area contributed by atoms with Gasteiger partial charge in [0.25, 0.3) is 0 Å². The number of nitrogens with one attached hydrogen (secondary N) is 1. The Balaban J connectivity index is 1.40. The van der Waals surface area contributed by atoms with Crippen LogP contribution in [0, 0.1) is 5.92 Å². The Kier molecular flexibility index (Phi) is 8.70. The van der Waals surface area contributed by atoms with Crippen LogP contribution in [0.1, 0.15) is 19.8 Å². The van der Waals surface area contributed by atoms with Crippen LogP contribution < -0.4 is 10.2 Å². The Morgan fingerprint density at radius 3 is 2.89 bits per heavy atom. The van der Waals surface area contributed by atoms with E-state index < -0.39 is 0 Å². The highest BCUT2D eigenvalue weighted by Crippen LogP contribution is 2.20. The molecule has 7 heteroatoms. The molecule has 0 bridgehead atoms. The number of guanidine groups is 1. The van der Waals surface area contributed by atoms with Gasteiger partial charge in [-0.15, -0.1) is 0 Å². The molecule has 0 radical (unpaired) electrons. The van der Waals surface area contributed by atoms with Gasteiger partial charge in [-0.25, -0.2) is 0 Å². The molecule has 2 aliphatic rings. The third-order valence-corrected chi connectivity index (χ3v) is 5.41. The van der Waals surface area contributed by atoms with Gasteiger partial charge in [0.2, 0.25) is 0 Å². The predicted octanol–water partition coefficient (Wildman–Crippen LogP) is 2.87. The minimum atomic E-state index is 0.580. The molecule has 28 heavy (non-hydrogen) atoms. The number of anilines is 1. The molecule has 0 aliphatic carbocycles. The van der Waals surface area contributed by atoms with Crippen molar-refractivity contribution >= 4 is 23.2 Å². The molecule has 1 atom stereocenters. The highest BCUT2D eigenvalue weighted by atomic mass is 35.5. The highest BCUT2D eigenvalue weighted by molar-refractivity contribution is 6.30. The second-order valence-corrected chi connectivity index (χ2v) is 7.78. The molecule has 1 unspecified atom stereocenters. The quantitative estimate of drug-likeness (QED) is 0.407. The summed E-state index contributed by atoms with van der Waals surface area (Å²) in [5.41, 5.74) is 1.19. The number of hydrogen-bond donors (Lipinski definition) is 1. The van der Waals surface area contributed by atoms with Crippen LogP contribution in [-0.2, 0) is 9.47 Å². The Labute approximate surface area is 173 Å². The fourth-order valence-electron chi connectivity index (χ4n) is 3.59. The van der Waals surface area contributed by atoms with Gasteiger partial charge in [-0.1, -0.05) is 17.7 Å². The molecule has 2 aliphatic heterocycles. The van der Waals surface area contributed by atoms with Crippen LogP contribution >= 0.6 is 11.6 Å². The van der Waals surface area contributed by atoms with E-state index in [-0.39, 0.29) is 0 Å². The van der Waals surface area contributed by atoms with Crippen LogP contribution in [0.5, 0.6) is 0 Å². The summed E-state index contributed by atoms with van der Waals surface area (Å²) >= 11 is 6.13. The van der Waals surface area contributed by atoms with Gasteiger partial charge in [-0.3, -0.25) is 4.99 Å². The Hall–Kier alpha value is -1.50. The molecule has 0 amide bonds. The summed E-state index contributed by atoms with van der Waals surface area (Å²) in [6.07, 6.45) is 2.08. The van der Waals surface area contributed by atoms with Crippen molar-refractivity contribution < 1.29 is 9.47 Å². The van der Waals surface area contributed by atoms with Crippen molar-refractivity contribution in [1.82, 2.24) is 10.2 Å². The largest absolute Gasteiger partial charge is 0.381 e. The second-order valence-electron chi connectivity index (χ2n) is 7.35. The van der Waals surface area contributed by atoms with Crippen molar-refractivity contribution in [2.45, 2.75) is 19.8 Å². The number of piperazine rings is 1. The number of nitrogens with zero attached hydrogens (tertiary/aromatic N) is 3. The number of rotatable bonds is 8. The zero-order valence-corrected chi connectivity index (χ0v) is 17.7. The molecule has 1 aromatic rings. The van der Waals surface area contributed by atoms with Crippen LogP contribution in [0.15, 0.2) is 29.3 Å². The summed E-state index contributed by atoms with van der Waals surface area (Å²) in [5, 5.41) is 4.22. The predicted molar refractivity (Wildman–Crippen MR) is 116 cm³/mol.